The molecule has 0 unspecified atom stereocenters. The van der Waals surface area contributed by atoms with E-state index in [0.29, 0.717) is 11.1 Å². The number of nitrogens with zero attached hydrogens (tertiary/aromatic N) is 2. The van der Waals surface area contributed by atoms with Crippen molar-refractivity contribution in [2.75, 3.05) is 0 Å². The van der Waals surface area contributed by atoms with Gasteiger partial charge in [0.05, 0.1) is 5.56 Å². The summed E-state index contributed by atoms with van der Waals surface area (Å²) in [6, 6.07) is 16.2. The summed E-state index contributed by atoms with van der Waals surface area (Å²) in [4.78, 5) is 3.22. The first-order chi connectivity index (χ1) is 11.3. The second-order valence-electron chi connectivity index (χ2n) is 5.00. The van der Waals surface area contributed by atoms with E-state index in [0.717, 1.165) is 26.7 Å². The molecule has 2 heterocycles. The van der Waals surface area contributed by atoms with E-state index in [1.165, 1.54) is 17.3 Å². The van der Waals surface area contributed by atoms with Crippen LogP contribution < -0.4 is 0 Å². The van der Waals surface area contributed by atoms with Crippen LogP contribution in [0.4, 0.5) is 0 Å². The molecule has 2 aromatic heterocycles. The van der Waals surface area contributed by atoms with Crippen molar-refractivity contribution in [1.29, 1.82) is 0 Å². The summed E-state index contributed by atoms with van der Waals surface area (Å²) in [7, 11) is 0. The number of benzene rings is 2. The zero-order valence-electron chi connectivity index (χ0n) is 12.0. The zero-order chi connectivity index (χ0) is 15.6. The predicted molar refractivity (Wildman–Crippen MR) is 95.3 cm³/mol. The fourth-order valence-electron chi connectivity index (χ4n) is 2.38. The van der Waals surface area contributed by atoms with Crippen LogP contribution in [-0.4, -0.2) is 15.2 Å². The van der Waals surface area contributed by atoms with Crippen LogP contribution in [0.25, 0.3) is 22.4 Å². The van der Waals surface area contributed by atoms with Crippen LogP contribution in [0.2, 0.25) is 0 Å². The highest BCUT2D eigenvalue weighted by Crippen LogP contribution is 2.31. The molecular formula is C17H12BrN3OS. The number of fused-ring (bicyclic) bond motifs is 1. The van der Waals surface area contributed by atoms with Gasteiger partial charge in [0, 0.05) is 27.3 Å². The molecule has 4 aromatic rings. The van der Waals surface area contributed by atoms with Gasteiger partial charge in [0.2, 0.25) is 0 Å². The summed E-state index contributed by atoms with van der Waals surface area (Å²) >= 11 is 5.08. The Morgan fingerprint density at radius 3 is 2.78 bits per heavy atom. The Hall–Kier alpha value is -2.05. The van der Waals surface area contributed by atoms with Crippen molar-refractivity contribution >= 4 is 38.6 Å². The number of rotatable bonds is 4. The molecule has 6 heteroatoms. The molecule has 0 atom stereocenters. The van der Waals surface area contributed by atoms with Crippen molar-refractivity contribution in [3.63, 3.8) is 0 Å². The highest BCUT2D eigenvalue weighted by atomic mass is 79.9. The van der Waals surface area contributed by atoms with Gasteiger partial charge in [-0.25, -0.2) is 0 Å². The third-order valence-corrected chi connectivity index (χ3v) is 5.18. The van der Waals surface area contributed by atoms with Gasteiger partial charge in [-0.2, -0.15) is 0 Å². The van der Waals surface area contributed by atoms with Gasteiger partial charge >= 0.3 is 0 Å². The van der Waals surface area contributed by atoms with Gasteiger partial charge in [0.1, 0.15) is 0 Å². The number of para-hydroxylation sites is 1. The minimum Gasteiger partial charge on any atom is -0.411 e. The molecule has 0 aliphatic rings. The van der Waals surface area contributed by atoms with Gasteiger partial charge in [-0.3, -0.25) is 0 Å². The molecule has 0 aliphatic carbocycles. The Kier molecular flexibility index (Phi) is 3.93. The largest absolute Gasteiger partial charge is 0.411 e. The normalized spacial score (nSPS) is 11.2. The summed E-state index contributed by atoms with van der Waals surface area (Å²) < 4.78 is 6.89. The SMILES string of the molecule is Brc1ccccc1CSc1nnc(-c2c[nH]c3ccccc23)o1. The smallest absolute Gasteiger partial charge is 0.277 e. The Labute approximate surface area is 145 Å². The third-order valence-electron chi connectivity index (χ3n) is 3.54. The van der Waals surface area contributed by atoms with E-state index in [1.54, 1.807) is 0 Å². The van der Waals surface area contributed by atoms with E-state index in [2.05, 4.69) is 37.2 Å². The van der Waals surface area contributed by atoms with Crippen LogP contribution in [-0.2, 0) is 5.75 Å². The first kappa shape index (κ1) is 14.5. The lowest BCUT2D eigenvalue weighted by Gasteiger charge is -2.00. The monoisotopic (exact) mass is 385 g/mol. The minimum atomic E-state index is 0.539. The second kappa shape index (κ2) is 6.22. The van der Waals surface area contributed by atoms with Crippen LogP contribution in [0.15, 0.2) is 68.8 Å². The van der Waals surface area contributed by atoms with Crippen LogP contribution >= 0.6 is 27.7 Å². The molecule has 0 amide bonds. The number of thioether (sulfide) groups is 1. The molecule has 4 rings (SSSR count). The lowest BCUT2D eigenvalue weighted by atomic mass is 10.2. The van der Waals surface area contributed by atoms with E-state index >= 15 is 0 Å². The molecule has 114 valence electrons. The standard InChI is InChI=1S/C17H12BrN3OS/c18-14-7-3-1-5-11(14)10-23-17-21-20-16(22-17)13-9-19-15-8-4-2-6-12(13)15/h1-9,19H,10H2. The highest BCUT2D eigenvalue weighted by molar-refractivity contribution is 9.10. The Morgan fingerprint density at radius 1 is 1.04 bits per heavy atom. The van der Waals surface area contributed by atoms with Crippen LogP contribution in [0, 0.1) is 0 Å². The van der Waals surface area contributed by atoms with E-state index in [1.807, 2.05) is 48.7 Å². The van der Waals surface area contributed by atoms with Gasteiger partial charge in [0.25, 0.3) is 11.1 Å². The molecule has 1 N–H and O–H groups in total. The van der Waals surface area contributed by atoms with Crippen LogP contribution in [0.5, 0.6) is 0 Å². The third kappa shape index (κ3) is 2.92. The fourth-order valence-corrected chi connectivity index (χ4v) is 3.76. The average molecular weight is 386 g/mol. The van der Waals surface area contributed by atoms with Gasteiger partial charge < -0.3 is 9.40 Å². The zero-order valence-corrected chi connectivity index (χ0v) is 14.4. The Bertz CT molecular complexity index is 963. The number of halogens is 1. The molecular weight excluding hydrogens is 374 g/mol. The molecule has 4 nitrogen and oxygen atoms in total. The molecule has 0 spiro atoms. The predicted octanol–water partition coefficient (Wildman–Crippen LogP) is 5.27. The Morgan fingerprint density at radius 2 is 1.87 bits per heavy atom. The van der Waals surface area contributed by atoms with E-state index < -0.39 is 0 Å². The molecule has 0 fully saturated rings. The average Bonchev–Trinajstić information content (AvgIpc) is 3.20. The molecule has 0 saturated heterocycles. The number of aromatic nitrogens is 3. The molecule has 2 aromatic carbocycles. The van der Waals surface area contributed by atoms with E-state index in [4.69, 9.17) is 4.42 Å². The number of hydrogen-bond acceptors (Lipinski definition) is 4. The minimum absolute atomic E-state index is 0.539. The van der Waals surface area contributed by atoms with E-state index in [-0.39, 0.29) is 0 Å². The van der Waals surface area contributed by atoms with Gasteiger partial charge in [0.15, 0.2) is 0 Å². The van der Waals surface area contributed by atoms with Crippen molar-refractivity contribution in [2.45, 2.75) is 11.0 Å². The topological polar surface area (TPSA) is 54.7 Å². The summed E-state index contributed by atoms with van der Waals surface area (Å²) in [6.07, 6.45) is 1.90. The molecule has 0 bridgehead atoms. The fraction of sp³-hybridized carbons (Fsp3) is 0.0588. The first-order valence-corrected chi connectivity index (χ1v) is 8.85. The van der Waals surface area contributed by atoms with Crippen molar-refractivity contribution in [1.82, 2.24) is 15.2 Å². The van der Waals surface area contributed by atoms with E-state index in [9.17, 15) is 0 Å². The van der Waals surface area contributed by atoms with Crippen LogP contribution in [0.3, 0.4) is 0 Å². The van der Waals surface area contributed by atoms with Crippen molar-refractivity contribution < 1.29 is 4.42 Å². The van der Waals surface area contributed by atoms with Gasteiger partial charge in [-0.05, 0) is 17.7 Å². The van der Waals surface area contributed by atoms with Crippen molar-refractivity contribution in [3.05, 3.63) is 64.8 Å². The number of hydrogen-bond donors (Lipinski definition) is 1. The maximum atomic E-state index is 5.80. The summed E-state index contributed by atoms with van der Waals surface area (Å²) in [5, 5.41) is 9.97. The highest BCUT2D eigenvalue weighted by Gasteiger charge is 2.13. The number of aromatic amines is 1. The quantitative estimate of drug-likeness (QED) is 0.486. The number of nitrogens with one attached hydrogen (secondary N) is 1. The van der Waals surface area contributed by atoms with Crippen molar-refractivity contribution in [2.24, 2.45) is 0 Å². The number of H-pyrrole nitrogens is 1. The second-order valence-corrected chi connectivity index (χ2v) is 6.78. The molecule has 0 radical (unpaired) electrons. The first-order valence-electron chi connectivity index (χ1n) is 7.07. The Balaban J connectivity index is 1.56. The molecule has 0 saturated carbocycles. The van der Waals surface area contributed by atoms with Gasteiger partial charge in [-0.15, -0.1) is 10.2 Å². The molecule has 0 aliphatic heterocycles. The maximum Gasteiger partial charge on any atom is 0.277 e. The maximum absolute atomic E-state index is 5.80. The van der Waals surface area contributed by atoms with Crippen LogP contribution in [0.1, 0.15) is 5.56 Å². The summed E-state index contributed by atoms with van der Waals surface area (Å²) in [5.41, 5.74) is 3.19. The summed E-state index contributed by atoms with van der Waals surface area (Å²) in [5.74, 6) is 1.31. The molecule has 23 heavy (non-hydrogen) atoms. The summed E-state index contributed by atoms with van der Waals surface area (Å²) in [6.45, 7) is 0. The van der Waals surface area contributed by atoms with Crippen molar-refractivity contribution in [3.8, 4) is 11.5 Å². The lowest BCUT2D eigenvalue weighted by molar-refractivity contribution is 0.466. The lowest BCUT2D eigenvalue weighted by Crippen LogP contribution is -1.82. The van der Waals surface area contributed by atoms with Gasteiger partial charge in [-0.1, -0.05) is 64.1 Å².